The van der Waals surface area contributed by atoms with Crippen LogP contribution in [0.15, 0.2) is 65.6 Å². The molecule has 1 saturated heterocycles. The Hall–Kier alpha value is -3.50. The van der Waals surface area contributed by atoms with Gasteiger partial charge in [-0.05, 0) is 74.2 Å². The molecule has 0 unspecified atom stereocenters. The van der Waals surface area contributed by atoms with E-state index in [1.807, 2.05) is 57.2 Å². The molecule has 10 heteroatoms. The van der Waals surface area contributed by atoms with Crippen molar-refractivity contribution in [1.29, 1.82) is 0 Å². The number of anilines is 1. The molecule has 0 N–H and O–H groups in total. The predicted molar refractivity (Wildman–Crippen MR) is 157 cm³/mol. The monoisotopic (exact) mass is 565 g/mol. The van der Waals surface area contributed by atoms with Gasteiger partial charge in [0.2, 0.25) is 15.9 Å². The first-order chi connectivity index (χ1) is 19.2. The SMILES string of the molecule is COc1ccc(-c2ccc(N3CCCN(C(=O)CN(CCC(C)C)S(=O)(=O)c4ccc(C)cc4)CC3)nn2)cc1. The molecule has 0 bridgehead atoms. The van der Waals surface area contributed by atoms with Gasteiger partial charge in [-0.1, -0.05) is 31.5 Å². The molecule has 2 heterocycles. The number of benzene rings is 2. The van der Waals surface area contributed by atoms with Crippen LogP contribution in [-0.4, -0.2) is 80.1 Å². The molecule has 4 rings (SSSR count). The minimum absolute atomic E-state index is 0.167. The molecule has 0 atom stereocenters. The second-order valence-electron chi connectivity index (χ2n) is 10.6. The summed E-state index contributed by atoms with van der Waals surface area (Å²) in [6, 6.07) is 18.4. The van der Waals surface area contributed by atoms with Crippen LogP contribution in [0.4, 0.5) is 5.82 Å². The van der Waals surface area contributed by atoms with Gasteiger partial charge in [0.1, 0.15) is 5.75 Å². The van der Waals surface area contributed by atoms with Crippen molar-refractivity contribution in [2.45, 2.75) is 38.5 Å². The van der Waals surface area contributed by atoms with E-state index in [0.717, 1.165) is 41.4 Å². The first kappa shape index (κ1) is 29.5. The van der Waals surface area contributed by atoms with Crippen LogP contribution in [0.1, 0.15) is 32.3 Å². The largest absolute Gasteiger partial charge is 0.497 e. The number of sulfonamides is 1. The second-order valence-corrected chi connectivity index (χ2v) is 12.5. The highest BCUT2D eigenvalue weighted by Crippen LogP contribution is 2.23. The molecule has 1 aliphatic rings. The van der Waals surface area contributed by atoms with Crippen molar-refractivity contribution < 1.29 is 17.9 Å². The van der Waals surface area contributed by atoms with Gasteiger partial charge in [-0.2, -0.15) is 4.31 Å². The van der Waals surface area contributed by atoms with Crippen LogP contribution >= 0.6 is 0 Å². The minimum Gasteiger partial charge on any atom is -0.497 e. The summed E-state index contributed by atoms with van der Waals surface area (Å²) in [5.74, 6) is 1.68. The summed E-state index contributed by atoms with van der Waals surface area (Å²) in [5, 5.41) is 8.86. The average molecular weight is 566 g/mol. The number of hydrogen-bond donors (Lipinski definition) is 0. The normalized spacial score (nSPS) is 14.4. The lowest BCUT2D eigenvalue weighted by atomic mass is 10.1. The number of rotatable bonds is 10. The summed E-state index contributed by atoms with van der Waals surface area (Å²) in [6.07, 6.45) is 1.43. The number of hydrogen-bond acceptors (Lipinski definition) is 7. The van der Waals surface area contributed by atoms with Crippen LogP contribution < -0.4 is 9.64 Å². The fourth-order valence-electron chi connectivity index (χ4n) is 4.60. The Morgan fingerprint density at radius 3 is 2.30 bits per heavy atom. The van der Waals surface area contributed by atoms with Gasteiger partial charge in [-0.25, -0.2) is 8.42 Å². The Labute approximate surface area is 237 Å². The molecule has 1 aliphatic heterocycles. The maximum Gasteiger partial charge on any atom is 0.243 e. The Morgan fingerprint density at radius 2 is 1.68 bits per heavy atom. The molecule has 0 spiro atoms. The van der Waals surface area contributed by atoms with Crippen LogP contribution in [-0.2, 0) is 14.8 Å². The lowest BCUT2D eigenvalue weighted by molar-refractivity contribution is -0.131. The highest BCUT2D eigenvalue weighted by Gasteiger charge is 2.29. The number of nitrogens with zero attached hydrogens (tertiary/aromatic N) is 5. The predicted octanol–water partition coefficient (Wildman–Crippen LogP) is 4.24. The highest BCUT2D eigenvalue weighted by molar-refractivity contribution is 7.89. The van der Waals surface area contributed by atoms with Gasteiger partial charge in [-0.15, -0.1) is 10.2 Å². The van der Waals surface area contributed by atoms with Crippen molar-refractivity contribution >= 4 is 21.7 Å². The van der Waals surface area contributed by atoms with Gasteiger partial charge in [-0.3, -0.25) is 4.79 Å². The van der Waals surface area contributed by atoms with E-state index in [1.165, 1.54) is 4.31 Å². The second kappa shape index (κ2) is 13.2. The topological polar surface area (TPSA) is 95.9 Å². The summed E-state index contributed by atoms with van der Waals surface area (Å²) >= 11 is 0. The molecule has 40 heavy (non-hydrogen) atoms. The summed E-state index contributed by atoms with van der Waals surface area (Å²) < 4.78 is 33.5. The number of carbonyl (C=O) groups is 1. The van der Waals surface area contributed by atoms with Gasteiger partial charge in [0, 0.05) is 38.3 Å². The minimum atomic E-state index is -3.79. The average Bonchev–Trinajstić information content (AvgIpc) is 3.22. The number of amides is 1. The van der Waals surface area contributed by atoms with E-state index in [4.69, 9.17) is 4.74 Å². The van der Waals surface area contributed by atoms with Gasteiger partial charge in [0.15, 0.2) is 5.82 Å². The first-order valence-electron chi connectivity index (χ1n) is 13.7. The molecule has 9 nitrogen and oxygen atoms in total. The smallest absolute Gasteiger partial charge is 0.243 e. The van der Waals surface area contributed by atoms with Gasteiger partial charge in [0.25, 0.3) is 0 Å². The fraction of sp³-hybridized carbons (Fsp3) is 0.433. The zero-order valence-corrected chi connectivity index (χ0v) is 24.6. The van der Waals surface area contributed by atoms with Crippen molar-refractivity contribution in [3.8, 4) is 17.0 Å². The van der Waals surface area contributed by atoms with Crippen LogP contribution in [0, 0.1) is 12.8 Å². The lowest BCUT2D eigenvalue weighted by Gasteiger charge is -2.27. The maximum absolute atomic E-state index is 13.5. The van der Waals surface area contributed by atoms with Crippen LogP contribution in [0.5, 0.6) is 5.75 Å². The van der Waals surface area contributed by atoms with Crippen molar-refractivity contribution in [1.82, 2.24) is 19.4 Å². The molecule has 0 saturated carbocycles. The van der Waals surface area contributed by atoms with E-state index in [1.54, 1.807) is 36.3 Å². The Bertz CT molecular complexity index is 1360. The quantitative estimate of drug-likeness (QED) is 0.363. The van der Waals surface area contributed by atoms with E-state index in [9.17, 15) is 13.2 Å². The maximum atomic E-state index is 13.5. The molecule has 214 valence electrons. The Morgan fingerprint density at radius 1 is 0.950 bits per heavy atom. The number of ether oxygens (including phenoxy) is 1. The molecular weight excluding hydrogens is 526 g/mol. The zero-order valence-electron chi connectivity index (χ0n) is 23.8. The molecule has 0 aliphatic carbocycles. The van der Waals surface area contributed by atoms with Gasteiger partial charge >= 0.3 is 0 Å². The number of aromatic nitrogens is 2. The van der Waals surface area contributed by atoms with Crippen molar-refractivity contribution in [3.05, 3.63) is 66.2 Å². The van der Waals surface area contributed by atoms with E-state index in [-0.39, 0.29) is 17.3 Å². The van der Waals surface area contributed by atoms with Gasteiger partial charge < -0.3 is 14.5 Å². The summed E-state index contributed by atoms with van der Waals surface area (Å²) in [5.41, 5.74) is 2.71. The molecule has 1 amide bonds. The van der Waals surface area contributed by atoms with E-state index >= 15 is 0 Å². The summed E-state index contributed by atoms with van der Waals surface area (Å²) in [4.78, 5) is 17.5. The number of methoxy groups -OCH3 is 1. The molecule has 3 aromatic rings. The van der Waals surface area contributed by atoms with E-state index in [0.29, 0.717) is 38.5 Å². The van der Waals surface area contributed by atoms with Crippen molar-refractivity contribution in [3.63, 3.8) is 0 Å². The van der Waals surface area contributed by atoms with Crippen molar-refractivity contribution in [2.24, 2.45) is 5.92 Å². The fourth-order valence-corrected chi connectivity index (χ4v) is 6.01. The van der Waals surface area contributed by atoms with Gasteiger partial charge in [0.05, 0.1) is 24.2 Å². The number of aryl methyl sites for hydroxylation is 1. The van der Waals surface area contributed by atoms with Crippen LogP contribution in [0.3, 0.4) is 0 Å². The van der Waals surface area contributed by atoms with E-state index < -0.39 is 10.0 Å². The third-order valence-electron chi connectivity index (χ3n) is 7.14. The molecule has 1 fully saturated rings. The van der Waals surface area contributed by atoms with Crippen LogP contribution in [0.2, 0.25) is 0 Å². The lowest BCUT2D eigenvalue weighted by Crippen LogP contribution is -2.44. The van der Waals surface area contributed by atoms with E-state index in [2.05, 4.69) is 15.1 Å². The summed E-state index contributed by atoms with van der Waals surface area (Å²) in [7, 11) is -2.16. The summed E-state index contributed by atoms with van der Waals surface area (Å²) in [6.45, 7) is 8.54. The van der Waals surface area contributed by atoms with Crippen LogP contribution in [0.25, 0.3) is 11.3 Å². The molecule has 0 radical (unpaired) electrons. The third-order valence-corrected chi connectivity index (χ3v) is 8.99. The molecular formula is C30H39N5O4S. The third kappa shape index (κ3) is 7.37. The highest BCUT2D eigenvalue weighted by atomic mass is 32.2. The first-order valence-corrected chi connectivity index (χ1v) is 15.2. The number of carbonyl (C=O) groups excluding carboxylic acids is 1. The standard InChI is InChI=1S/C30H39N5O4S/c1-23(2)16-19-35(40(37,38)27-12-6-24(3)7-13-27)22-30(36)34-18-5-17-33(20-21-34)29-15-14-28(31-32-29)25-8-10-26(39-4)11-9-25/h6-15,23H,5,16-22H2,1-4H3. The Kier molecular flexibility index (Phi) is 9.76. The molecule has 2 aromatic carbocycles. The zero-order chi connectivity index (χ0) is 28.7. The Balaban J connectivity index is 1.41. The molecule has 1 aromatic heterocycles. The van der Waals surface area contributed by atoms with Crippen molar-refractivity contribution in [2.75, 3.05) is 51.3 Å².